The van der Waals surface area contributed by atoms with E-state index in [-0.39, 0.29) is 11.8 Å². The van der Waals surface area contributed by atoms with Crippen LogP contribution in [0.1, 0.15) is 52.8 Å². The van der Waals surface area contributed by atoms with E-state index in [2.05, 4.69) is 11.5 Å². The van der Waals surface area contributed by atoms with Crippen molar-refractivity contribution in [3.05, 3.63) is 54.1 Å². The van der Waals surface area contributed by atoms with Gasteiger partial charge < -0.3 is 14.4 Å². The van der Waals surface area contributed by atoms with Gasteiger partial charge in [-0.1, -0.05) is 18.7 Å². The van der Waals surface area contributed by atoms with E-state index in [1.807, 2.05) is 18.2 Å². The fourth-order valence-electron chi connectivity index (χ4n) is 4.49. The molecule has 33 heavy (non-hydrogen) atoms. The first-order valence-corrected chi connectivity index (χ1v) is 11.7. The Kier molecular flexibility index (Phi) is 7.40. The van der Waals surface area contributed by atoms with Crippen LogP contribution in [-0.4, -0.2) is 67.0 Å². The number of hydrogen-bond acceptors (Lipinski definition) is 6. The molecule has 0 spiro atoms. The van der Waals surface area contributed by atoms with Crippen LogP contribution >= 0.6 is 0 Å². The van der Waals surface area contributed by atoms with Gasteiger partial charge in [0.05, 0.1) is 13.2 Å². The molecular weight excluding hydrogens is 420 g/mol. The Labute approximate surface area is 193 Å². The van der Waals surface area contributed by atoms with Crippen molar-refractivity contribution in [3.63, 3.8) is 0 Å². The summed E-state index contributed by atoms with van der Waals surface area (Å²) in [5.74, 6) is -0.208. The minimum absolute atomic E-state index is 0.233. The topological polar surface area (TPSA) is 76.2 Å². The second-order valence-corrected chi connectivity index (χ2v) is 8.43. The van der Waals surface area contributed by atoms with Crippen LogP contribution < -0.4 is 4.74 Å². The van der Waals surface area contributed by atoms with Crippen LogP contribution in [0.2, 0.25) is 0 Å². The number of amides is 2. The highest BCUT2D eigenvalue weighted by atomic mass is 16.5. The van der Waals surface area contributed by atoms with E-state index in [0.717, 1.165) is 50.4 Å². The van der Waals surface area contributed by atoms with Gasteiger partial charge in [0, 0.05) is 41.1 Å². The molecule has 7 nitrogen and oxygen atoms in total. The Morgan fingerprint density at radius 1 is 0.939 bits per heavy atom. The molecule has 1 saturated heterocycles. The molecule has 0 unspecified atom stereocenters. The SMILES string of the molecule is C=CC(=O)OCCCCCOc1ccc2c3c(cccc13)C(=O)N(CCN1CCCC1)C2=O. The largest absolute Gasteiger partial charge is 0.493 e. The lowest BCUT2D eigenvalue weighted by Crippen LogP contribution is -2.44. The van der Waals surface area contributed by atoms with Crippen LogP contribution in [0.15, 0.2) is 43.0 Å². The molecule has 2 aromatic rings. The van der Waals surface area contributed by atoms with Crippen LogP contribution in [0.5, 0.6) is 5.75 Å². The lowest BCUT2D eigenvalue weighted by molar-refractivity contribution is -0.137. The maximum Gasteiger partial charge on any atom is 0.330 e. The minimum atomic E-state index is -0.409. The second-order valence-electron chi connectivity index (χ2n) is 8.43. The van der Waals surface area contributed by atoms with Crippen molar-refractivity contribution >= 4 is 28.6 Å². The number of imide groups is 1. The Hall–Kier alpha value is -3.19. The number of likely N-dealkylation sites (tertiary alicyclic amines) is 1. The van der Waals surface area contributed by atoms with E-state index < -0.39 is 5.97 Å². The first kappa shape index (κ1) is 23.0. The van der Waals surface area contributed by atoms with Crippen LogP contribution in [0.3, 0.4) is 0 Å². The van der Waals surface area contributed by atoms with Crippen molar-refractivity contribution in [2.24, 2.45) is 0 Å². The number of rotatable bonds is 11. The molecule has 7 heteroatoms. The monoisotopic (exact) mass is 450 g/mol. The number of carbonyl (C=O) groups excluding carboxylic acids is 3. The van der Waals surface area contributed by atoms with Gasteiger partial charge >= 0.3 is 5.97 Å². The highest BCUT2D eigenvalue weighted by Crippen LogP contribution is 2.35. The molecule has 1 fully saturated rings. The zero-order valence-corrected chi connectivity index (χ0v) is 18.9. The quantitative estimate of drug-likeness (QED) is 0.224. The summed E-state index contributed by atoms with van der Waals surface area (Å²) in [5.41, 5.74) is 1.11. The number of unbranched alkanes of at least 4 members (excludes halogenated alkanes) is 2. The lowest BCUT2D eigenvalue weighted by Gasteiger charge is -2.29. The molecule has 2 heterocycles. The smallest absolute Gasteiger partial charge is 0.330 e. The Morgan fingerprint density at radius 2 is 1.67 bits per heavy atom. The molecule has 0 radical (unpaired) electrons. The van der Waals surface area contributed by atoms with Crippen molar-refractivity contribution in [1.29, 1.82) is 0 Å². The van der Waals surface area contributed by atoms with E-state index in [1.165, 1.54) is 17.7 Å². The van der Waals surface area contributed by atoms with Gasteiger partial charge in [-0.15, -0.1) is 0 Å². The van der Waals surface area contributed by atoms with E-state index >= 15 is 0 Å². The number of nitrogens with zero attached hydrogens (tertiary/aromatic N) is 2. The molecule has 2 aromatic carbocycles. The van der Waals surface area contributed by atoms with Crippen molar-refractivity contribution in [2.45, 2.75) is 32.1 Å². The molecular formula is C26H30N2O5. The zero-order chi connectivity index (χ0) is 23.2. The van der Waals surface area contributed by atoms with Crippen LogP contribution in [0.4, 0.5) is 0 Å². The number of ether oxygens (including phenoxy) is 2. The second kappa shape index (κ2) is 10.6. The van der Waals surface area contributed by atoms with Crippen LogP contribution in [0.25, 0.3) is 10.8 Å². The number of benzene rings is 2. The Bertz CT molecular complexity index is 1040. The lowest BCUT2D eigenvalue weighted by atomic mass is 9.93. The number of carbonyl (C=O) groups is 3. The normalized spacial score (nSPS) is 15.8. The molecule has 0 aromatic heterocycles. The Balaban J connectivity index is 1.41. The molecule has 174 valence electrons. The van der Waals surface area contributed by atoms with Gasteiger partial charge in [-0.25, -0.2) is 4.79 Å². The molecule has 0 N–H and O–H groups in total. The van der Waals surface area contributed by atoms with Crippen molar-refractivity contribution in [2.75, 3.05) is 39.4 Å². The van der Waals surface area contributed by atoms with Gasteiger partial charge in [-0.3, -0.25) is 14.5 Å². The average molecular weight is 451 g/mol. The third-order valence-electron chi connectivity index (χ3n) is 6.25. The van der Waals surface area contributed by atoms with E-state index in [1.54, 1.807) is 12.1 Å². The first-order valence-electron chi connectivity index (χ1n) is 11.7. The first-order chi connectivity index (χ1) is 16.1. The minimum Gasteiger partial charge on any atom is -0.493 e. The van der Waals surface area contributed by atoms with Crippen LogP contribution in [-0.2, 0) is 9.53 Å². The van der Waals surface area contributed by atoms with E-state index in [9.17, 15) is 14.4 Å². The van der Waals surface area contributed by atoms with Crippen molar-refractivity contribution < 1.29 is 23.9 Å². The van der Waals surface area contributed by atoms with Gasteiger partial charge in [0.25, 0.3) is 11.8 Å². The zero-order valence-electron chi connectivity index (χ0n) is 18.9. The number of esters is 1. The third-order valence-corrected chi connectivity index (χ3v) is 6.25. The fraction of sp³-hybridized carbons (Fsp3) is 0.423. The molecule has 2 aliphatic rings. The summed E-state index contributed by atoms with van der Waals surface area (Å²) >= 11 is 0. The molecule has 2 amide bonds. The highest BCUT2D eigenvalue weighted by Gasteiger charge is 2.33. The molecule has 0 atom stereocenters. The predicted molar refractivity (Wildman–Crippen MR) is 125 cm³/mol. The molecule has 0 saturated carbocycles. The molecule has 4 rings (SSSR count). The fourth-order valence-corrected chi connectivity index (χ4v) is 4.49. The molecule has 2 aliphatic heterocycles. The van der Waals surface area contributed by atoms with Gasteiger partial charge in [-0.05, 0) is 63.4 Å². The summed E-state index contributed by atoms with van der Waals surface area (Å²) in [6, 6.07) is 9.12. The maximum absolute atomic E-state index is 13.2. The highest BCUT2D eigenvalue weighted by molar-refractivity contribution is 6.26. The van der Waals surface area contributed by atoms with E-state index in [4.69, 9.17) is 9.47 Å². The van der Waals surface area contributed by atoms with Gasteiger partial charge in [0.15, 0.2) is 0 Å². The van der Waals surface area contributed by atoms with Crippen LogP contribution in [0, 0.1) is 0 Å². The maximum atomic E-state index is 13.2. The average Bonchev–Trinajstić information content (AvgIpc) is 3.35. The summed E-state index contributed by atoms with van der Waals surface area (Å²) in [5, 5.41) is 1.46. The predicted octanol–water partition coefficient (Wildman–Crippen LogP) is 3.81. The van der Waals surface area contributed by atoms with Crippen molar-refractivity contribution in [3.8, 4) is 5.75 Å². The summed E-state index contributed by atoms with van der Waals surface area (Å²) in [6.07, 6.45) is 5.92. The molecule has 0 aliphatic carbocycles. The summed E-state index contributed by atoms with van der Waals surface area (Å²) in [7, 11) is 0. The standard InChI is InChI=1S/C26H30N2O5/c1-2-23(29)33-18-7-3-6-17-32-22-12-11-21-24-19(22)9-8-10-20(24)25(30)28(26(21)31)16-15-27-13-4-5-14-27/h2,8-12H,1,3-7,13-18H2. The van der Waals surface area contributed by atoms with Gasteiger partial charge in [0.2, 0.25) is 0 Å². The van der Waals surface area contributed by atoms with Crippen molar-refractivity contribution in [1.82, 2.24) is 9.80 Å². The van der Waals surface area contributed by atoms with Gasteiger partial charge in [-0.2, -0.15) is 0 Å². The summed E-state index contributed by atoms with van der Waals surface area (Å²) in [6.45, 7) is 7.42. The summed E-state index contributed by atoms with van der Waals surface area (Å²) in [4.78, 5) is 41.1. The van der Waals surface area contributed by atoms with E-state index in [0.29, 0.717) is 42.0 Å². The number of hydrogen-bond donors (Lipinski definition) is 0. The summed E-state index contributed by atoms with van der Waals surface area (Å²) < 4.78 is 11.0. The Morgan fingerprint density at radius 3 is 2.42 bits per heavy atom. The molecule has 0 bridgehead atoms. The third kappa shape index (κ3) is 5.09. The van der Waals surface area contributed by atoms with Gasteiger partial charge in [0.1, 0.15) is 5.75 Å².